The van der Waals surface area contributed by atoms with Crippen LogP contribution in [0.3, 0.4) is 0 Å². The Morgan fingerprint density at radius 2 is 2.05 bits per heavy atom. The van der Waals surface area contributed by atoms with Gasteiger partial charge in [0.2, 0.25) is 0 Å². The maximum absolute atomic E-state index is 13.4. The SMILES string of the molecule is Cc1cc(F)cc(C(=O)NC2(C(=O)O)CCCCC2C)c1. The molecule has 0 bridgehead atoms. The van der Waals surface area contributed by atoms with Gasteiger partial charge in [-0.3, -0.25) is 4.79 Å². The minimum atomic E-state index is -1.25. The largest absolute Gasteiger partial charge is 0.479 e. The summed E-state index contributed by atoms with van der Waals surface area (Å²) >= 11 is 0. The minimum absolute atomic E-state index is 0.151. The zero-order valence-corrected chi connectivity index (χ0v) is 12.3. The van der Waals surface area contributed by atoms with Crippen LogP contribution in [0.15, 0.2) is 18.2 Å². The van der Waals surface area contributed by atoms with Crippen molar-refractivity contribution in [2.45, 2.75) is 45.1 Å². The molecule has 1 fully saturated rings. The fraction of sp³-hybridized carbons (Fsp3) is 0.500. The third-order valence-electron chi connectivity index (χ3n) is 4.32. The minimum Gasteiger partial charge on any atom is -0.479 e. The fourth-order valence-electron chi connectivity index (χ4n) is 3.05. The lowest BCUT2D eigenvalue weighted by Gasteiger charge is -2.39. The third-order valence-corrected chi connectivity index (χ3v) is 4.32. The molecule has 1 amide bonds. The zero-order valence-electron chi connectivity index (χ0n) is 12.3. The van der Waals surface area contributed by atoms with Gasteiger partial charge in [-0.05, 0) is 49.4 Å². The first-order chi connectivity index (χ1) is 9.85. The van der Waals surface area contributed by atoms with Gasteiger partial charge < -0.3 is 10.4 Å². The van der Waals surface area contributed by atoms with E-state index in [1.807, 2.05) is 6.92 Å². The number of nitrogens with one attached hydrogen (secondary N) is 1. The molecule has 1 saturated carbocycles. The number of aliphatic carboxylic acids is 1. The second-order valence-corrected chi connectivity index (χ2v) is 5.89. The molecule has 21 heavy (non-hydrogen) atoms. The van der Waals surface area contributed by atoms with Gasteiger partial charge in [0.1, 0.15) is 11.4 Å². The summed E-state index contributed by atoms with van der Waals surface area (Å²) in [5, 5.41) is 12.2. The Morgan fingerprint density at radius 1 is 1.33 bits per heavy atom. The van der Waals surface area contributed by atoms with Crippen LogP contribution in [0.1, 0.15) is 48.5 Å². The van der Waals surface area contributed by atoms with Crippen LogP contribution in [0.25, 0.3) is 0 Å². The normalized spacial score (nSPS) is 25.4. The van der Waals surface area contributed by atoms with E-state index in [1.54, 1.807) is 13.0 Å². The highest BCUT2D eigenvalue weighted by Crippen LogP contribution is 2.34. The van der Waals surface area contributed by atoms with E-state index in [2.05, 4.69) is 5.32 Å². The molecule has 2 N–H and O–H groups in total. The number of rotatable bonds is 3. The van der Waals surface area contributed by atoms with Gasteiger partial charge in [-0.2, -0.15) is 0 Å². The quantitative estimate of drug-likeness (QED) is 0.900. The molecule has 1 aromatic carbocycles. The smallest absolute Gasteiger partial charge is 0.329 e. The number of hydrogen-bond acceptors (Lipinski definition) is 2. The number of benzene rings is 1. The van der Waals surface area contributed by atoms with Gasteiger partial charge in [0.15, 0.2) is 0 Å². The molecule has 0 saturated heterocycles. The Kier molecular flexibility index (Phi) is 4.30. The maximum Gasteiger partial charge on any atom is 0.329 e. The van der Waals surface area contributed by atoms with Crippen LogP contribution in [-0.2, 0) is 4.79 Å². The zero-order chi connectivity index (χ0) is 15.6. The molecule has 2 rings (SSSR count). The van der Waals surface area contributed by atoms with Crippen molar-refractivity contribution in [2.24, 2.45) is 5.92 Å². The van der Waals surface area contributed by atoms with Crippen molar-refractivity contribution < 1.29 is 19.1 Å². The van der Waals surface area contributed by atoms with E-state index in [0.717, 1.165) is 25.3 Å². The molecule has 114 valence electrons. The number of carbonyl (C=O) groups excluding carboxylic acids is 1. The number of carboxylic acids is 1. The average Bonchev–Trinajstić information content (AvgIpc) is 2.40. The van der Waals surface area contributed by atoms with E-state index < -0.39 is 23.2 Å². The summed E-state index contributed by atoms with van der Waals surface area (Å²) in [7, 11) is 0. The van der Waals surface area contributed by atoms with Crippen molar-refractivity contribution in [3.05, 3.63) is 35.1 Å². The molecule has 1 aliphatic carbocycles. The van der Waals surface area contributed by atoms with Crippen molar-refractivity contribution in [1.29, 1.82) is 0 Å². The molecule has 0 aliphatic heterocycles. The first kappa shape index (κ1) is 15.5. The molecule has 1 aliphatic rings. The van der Waals surface area contributed by atoms with Crippen molar-refractivity contribution >= 4 is 11.9 Å². The Labute approximate surface area is 123 Å². The Bertz CT molecular complexity index is 552. The molecule has 0 aromatic heterocycles. The van der Waals surface area contributed by atoms with Crippen LogP contribution < -0.4 is 5.32 Å². The van der Waals surface area contributed by atoms with Gasteiger partial charge in [-0.15, -0.1) is 0 Å². The number of carboxylic acid groups (broad SMARTS) is 1. The van der Waals surface area contributed by atoms with Crippen LogP contribution in [0.2, 0.25) is 0 Å². The van der Waals surface area contributed by atoms with E-state index in [4.69, 9.17) is 0 Å². The average molecular weight is 293 g/mol. The van der Waals surface area contributed by atoms with E-state index in [1.165, 1.54) is 6.07 Å². The van der Waals surface area contributed by atoms with Crippen LogP contribution in [0.5, 0.6) is 0 Å². The highest BCUT2D eigenvalue weighted by molar-refractivity contribution is 5.98. The number of halogens is 1. The van der Waals surface area contributed by atoms with Gasteiger partial charge in [-0.1, -0.05) is 19.8 Å². The van der Waals surface area contributed by atoms with Gasteiger partial charge in [0, 0.05) is 5.56 Å². The standard InChI is InChI=1S/C16H20FNO3/c1-10-7-12(9-13(17)8-10)14(19)18-16(15(20)21)6-4-3-5-11(16)2/h7-9,11H,3-6H2,1-2H3,(H,18,19)(H,20,21). The third kappa shape index (κ3) is 3.06. The van der Waals surface area contributed by atoms with Crippen molar-refractivity contribution in [3.8, 4) is 0 Å². The topological polar surface area (TPSA) is 66.4 Å². The summed E-state index contributed by atoms with van der Waals surface area (Å²) in [5.74, 6) is -2.20. The van der Waals surface area contributed by atoms with Crippen molar-refractivity contribution in [1.82, 2.24) is 5.32 Å². The predicted molar refractivity (Wildman–Crippen MR) is 76.6 cm³/mol. The second-order valence-electron chi connectivity index (χ2n) is 5.89. The maximum atomic E-state index is 13.4. The summed E-state index contributed by atoms with van der Waals surface area (Å²) < 4.78 is 13.4. The molecule has 2 atom stereocenters. The number of amides is 1. The molecular weight excluding hydrogens is 273 g/mol. The lowest BCUT2D eigenvalue weighted by atomic mass is 9.73. The Balaban J connectivity index is 2.28. The lowest BCUT2D eigenvalue weighted by Crippen LogP contribution is -2.60. The summed E-state index contributed by atoms with van der Waals surface area (Å²) in [6.45, 7) is 3.53. The van der Waals surface area contributed by atoms with Crippen LogP contribution in [0, 0.1) is 18.7 Å². The molecule has 0 radical (unpaired) electrons. The number of aryl methyl sites for hydroxylation is 1. The summed E-state index contributed by atoms with van der Waals surface area (Å²) in [5.41, 5.74) is -0.470. The molecule has 0 heterocycles. The molecule has 4 nitrogen and oxygen atoms in total. The van der Waals surface area contributed by atoms with Gasteiger partial charge >= 0.3 is 5.97 Å². The predicted octanol–water partition coefficient (Wildman–Crippen LogP) is 2.90. The van der Waals surface area contributed by atoms with Crippen LogP contribution in [0.4, 0.5) is 4.39 Å². The molecule has 1 aromatic rings. The van der Waals surface area contributed by atoms with E-state index in [-0.39, 0.29) is 11.5 Å². The van der Waals surface area contributed by atoms with Crippen molar-refractivity contribution in [2.75, 3.05) is 0 Å². The molecule has 2 unspecified atom stereocenters. The van der Waals surface area contributed by atoms with E-state index in [0.29, 0.717) is 12.0 Å². The molecule has 5 heteroatoms. The summed E-state index contributed by atoms with van der Waals surface area (Å²) in [4.78, 5) is 24.0. The highest BCUT2D eigenvalue weighted by Gasteiger charge is 2.46. The molecule has 0 spiro atoms. The Morgan fingerprint density at radius 3 is 2.62 bits per heavy atom. The number of hydrogen-bond donors (Lipinski definition) is 2. The second kappa shape index (κ2) is 5.84. The lowest BCUT2D eigenvalue weighted by molar-refractivity contribution is -0.148. The van der Waals surface area contributed by atoms with Gasteiger partial charge in [0.05, 0.1) is 0 Å². The highest BCUT2D eigenvalue weighted by atomic mass is 19.1. The fourth-order valence-corrected chi connectivity index (χ4v) is 3.05. The number of carbonyl (C=O) groups is 2. The van der Waals surface area contributed by atoms with Gasteiger partial charge in [0.25, 0.3) is 5.91 Å². The van der Waals surface area contributed by atoms with Crippen molar-refractivity contribution in [3.63, 3.8) is 0 Å². The van der Waals surface area contributed by atoms with Gasteiger partial charge in [-0.25, -0.2) is 9.18 Å². The van der Waals surface area contributed by atoms with E-state index >= 15 is 0 Å². The Hall–Kier alpha value is -1.91. The summed E-state index contributed by atoms with van der Waals surface area (Å²) in [6.07, 6.45) is 2.89. The van der Waals surface area contributed by atoms with E-state index in [9.17, 15) is 19.1 Å². The molecular formula is C16H20FNO3. The first-order valence-corrected chi connectivity index (χ1v) is 7.18. The first-order valence-electron chi connectivity index (χ1n) is 7.18. The monoisotopic (exact) mass is 293 g/mol. The van der Waals surface area contributed by atoms with Crippen LogP contribution >= 0.6 is 0 Å². The summed E-state index contributed by atoms with van der Waals surface area (Å²) in [6, 6.07) is 4.01. The van der Waals surface area contributed by atoms with Crippen LogP contribution in [-0.4, -0.2) is 22.5 Å².